The van der Waals surface area contributed by atoms with E-state index in [1.807, 2.05) is 69.3 Å². The Morgan fingerprint density at radius 3 is 2.63 bits per heavy atom. The van der Waals surface area contributed by atoms with Crippen LogP contribution in [0.5, 0.6) is 5.75 Å². The van der Waals surface area contributed by atoms with E-state index in [0.29, 0.717) is 40.7 Å². The van der Waals surface area contributed by atoms with Crippen LogP contribution in [-0.4, -0.2) is 45.1 Å². The Kier molecular flexibility index (Phi) is 7.25. The second-order valence-corrected chi connectivity index (χ2v) is 9.26. The van der Waals surface area contributed by atoms with E-state index in [-0.39, 0.29) is 17.2 Å². The molecule has 0 aliphatic rings. The molecule has 182 valence electrons. The number of methoxy groups -OCH3 is 1. The topological polar surface area (TPSA) is 82.2 Å². The Bertz CT molecular complexity index is 1440. The van der Waals surface area contributed by atoms with Crippen LogP contribution >= 0.6 is 11.8 Å². The fraction of sp³-hybridized carbons (Fsp3) is 0.308. The number of hydrogen-bond acceptors (Lipinski definition) is 6. The van der Waals surface area contributed by atoms with Crippen LogP contribution in [0.1, 0.15) is 23.7 Å². The summed E-state index contributed by atoms with van der Waals surface area (Å²) in [5, 5.41) is 4.98. The van der Waals surface area contributed by atoms with Crippen LogP contribution < -0.4 is 15.2 Å². The number of aryl methyl sites for hydroxylation is 3. The van der Waals surface area contributed by atoms with E-state index in [4.69, 9.17) is 9.72 Å². The first kappa shape index (κ1) is 24.5. The fourth-order valence-electron chi connectivity index (χ4n) is 3.92. The molecular weight excluding hydrogens is 462 g/mol. The third-order valence-electron chi connectivity index (χ3n) is 5.84. The first-order valence-electron chi connectivity index (χ1n) is 11.4. The Morgan fingerprint density at radius 1 is 1.14 bits per heavy atom. The molecule has 0 bridgehead atoms. The van der Waals surface area contributed by atoms with Crippen LogP contribution in [0.3, 0.4) is 0 Å². The largest absolute Gasteiger partial charge is 0.497 e. The van der Waals surface area contributed by atoms with Gasteiger partial charge in [-0.3, -0.25) is 18.8 Å². The van der Waals surface area contributed by atoms with Crippen molar-refractivity contribution in [3.8, 4) is 5.75 Å². The summed E-state index contributed by atoms with van der Waals surface area (Å²) in [6.45, 7) is 6.65. The number of amides is 1. The SMILES string of the molecule is CCn1nc(C)c2nc(SCC(=O)N(C)c3cccc(C)c3)n(Cc3cccc(OC)c3)c(=O)c21. The number of benzene rings is 2. The summed E-state index contributed by atoms with van der Waals surface area (Å²) in [6.07, 6.45) is 0. The lowest BCUT2D eigenvalue weighted by atomic mass is 10.2. The van der Waals surface area contributed by atoms with Gasteiger partial charge in [-0.1, -0.05) is 36.0 Å². The summed E-state index contributed by atoms with van der Waals surface area (Å²) >= 11 is 1.26. The van der Waals surface area contributed by atoms with E-state index in [2.05, 4.69) is 5.10 Å². The maximum atomic E-state index is 13.7. The molecule has 0 aliphatic carbocycles. The molecule has 2 aromatic heterocycles. The highest BCUT2D eigenvalue weighted by Gasteiger charge is 2.20. The van der Waals surface area contributed by atoms with Gasteiger partial charge in [-0.15, -0.1) is 0 Å². The number of carbonyl (C=O) groups excluding carboxylic acids is 1. The highest BCUT2D eigenvalue weighted by Crippen LogP contribution is 2.23. The second kappa shape index (κ2) is 10.4. The first-order valence-corrected chi connectivity index (χ1v) is 12.4. The van der Waals surface area contributed by atoms with Crippen molar-refractivity contribution in [1.82, 2.24) is 19.3 Å². The maximum absolute atomic E-state index is 13.7. The minimum absolute atomic E-state index is 0.0798. The zero-order chi connectivity index (χ0) is 25.1. The van der Waals surface area contributed by atoms with Gasteiger partial charge < -0.3 is 9.64 Å². The van der Waals surface area contributed by atoms with Crippen LogP contribution in [-0.2, 0) is 17.9 Å². The number of thioether (sulfide) groups is 1. The Balaban J connectivity index is 1.71. The molecule has 0 N–H and O–H groups in total. The lowest BCUT2D eigenvalue weighted by Gasteiger charge is -2.18. The highest BCUT2D eigenvalue weighted by molar-refractivity contribution is 7.99. The van der Waals surface area contributed by atoms with E-state index in [1.54, 1.807) is 28.3 Å². The van der Waals surface area contributed by atoms with Gasteiger partial charge >= 0.3 is 0 Å². The molecule has 35 heavy (non-hydrogen) atoms. The fourth-order valence-corrected chi connectivity index (χ4v) is 4.83. The first-order chi connectivity index (χ1) is 16.8. The normalized spacial score (nSPS) is 11.1. The third kappa shape index (κ3) is 5.09. The van der Waals surface area contributed by atoms with Crippen molar-refractivity contribution in [3.63, 3.8) is 0 Å². The molecule has 0 fully saturated rings. The number of ether oxygens (including phenoxy) is 1. The number of carbonyl (C=O) groups is 1. The van der Waals surface area contributed by atoms with E-state index in [0.717, 1.165) is 16.8 Å². The van der Waals surface area contributed by atoms with Crippen molar-refractivity contribution in [2.75, 3.05) is 24.8 Å². The van der Waals surface area contributed by atoms with Crippen molar-refractivity contribution < 1.29 is 9.53 Å². The predicted molar refractivity (Wildman–Crippen MR) is 140 cm³/mol. The van der Waals surface area contributed by atoms with Gasteiger partial charge in [0.2, 0.25) is 5.91 Å². The maximum Gasteiger partial charge on any atom is 0.280 e. The number of hydrogen-bond donors (Lipinski definition) is 0. The van der Waals surface area contributed by atoms with Crippen LogP contribution in [0, 0.1) is 13.8 Å². The third-order valence-corrected chi connectivity index (χ3v) is 6.81. The van der Waals surface area contributed by atoms with Gasteiger partial charge in [0.1, 0.15) is 11.3 Å². The second-order valence-electron chi connectivity index (χ2n) is 8.32. The number of anilines is 1. The number of rotatable bonds is 8. The van der Waals surface area contributed by atoms with Gasteiger partial charge in [-0.05, 0) is 56.2 Å². The zero-order valence-electron chi connectivity index (χ0n) is 20.6. The molecule has 0 saturated heterocycles. The van der Waals surface area contributed by atoms with Gasteiger partial charge in [-0.25, -0.2) is 4.98 Å². The molecule has 4 aromatic rings. The lowest BCUT2D eigenvalue weighted by Crippen LogP contribution is -2.29. The number of nitrogens with zero attached hydrogens (tertiary/aromatic N) is 5. The van der Waals surface area contributed by atoms with Crippen molar-refractivity contribution >= 4 is 34.4 Å². The monoisotopic (exact) mass is 491 g/mol. The van der Waals surface area contributed by atoms with E-state index >= 15 is 0 Å². The molecule has 1 amide bonds. The van der Waals surface area contributed by atoms with Gasteiger partial charge in [0.15, 0.2) is 10.7 Å². The molecule has 9 heteroatoms. The molecule has 0 radical (unpaired) electrons. The molecular formula is C26H29N5O3S. The van der Waals surface area contributed by atoms with Gasteiger partial charge in [0.25, 0.3) is 5.56 Å². The molecule has 0 spiro atoms. The summed E-state index contributed by atoms with van der Waals surface area (Å²) < 4.78 is 8.65. The zero-order valence-corrected chi connectivity index (χ0v) is 21.4. The van der Waals surface area contributed by atoms with Crippen molar-refractivity contribution in [1.29, 1.82) is 0 Å². The Hall–Kier alpha value is -3.59. The molecule has 2 heterocycles. The predicted octanol–water partition coefficient (Wildman–Crippen LogP) is 4.04. The standard InChI is InChI=1S/C26H29N5O3S/c1-6-31-24-23(18(3)28-31)27-26(30(25(24)33)15-19-10-8-12-21(14-19)34-5)35-16-22(32)29(4)20-11-7-9-17(2)13-20/h7-14H,6,15-16H2,1-5H3. The molecule has 0 unspecified atom stereocenters. The van der Waals surface area contributed by atoms with Crippen LogP contribution in [0.25, 0.3) is 11.0 Å². The molecule has 4 rings (SSSR count). The van der Waals surface area contributed by atoms with E-state index < -0.39 is 0 Å². The molecule has 0 atom stereocenters. The Labute approximate surface area is 208 Å². The lowest BCUT2D eigenvalue weighted by molar-refractivity contribution is -0.115. The number of aromatic nitrogens is 4. The average molecular weight is 492 g/mol. The van der Waals surface area contributed by atoms with E-state index in [9.17, 15) is 9.59 Å². The minimum Gasteiger partial charge on any atom is -0.497 e. The van der Waals surface area contributed by atoms with Gasteiger partial charge in [-0.2, -0.15) is 5.10 Å². The van der Waals surface area contributed by atoms with Crippen LogP contribution in [0.2, 0.25) is 0 Å². The summed E-state index contributed by atoms with van der Waals surface area (Å²) in [5.74, 6) is 0.772. The smallest absolute Gasteiger partial charge is 0.280 e. The number of fused-ring (bicyclic) bond motifs is 1. The van der Waals surface area contributed by atoms with E-state index in [1.165, 1.54) is 11.8 Å². The molecule has 8 nitrogen and oxygen atoms in total. The molecule has 0 aliphatic heterocycles. The average Bonchev–Trinajstić information content (AvgIpc) is 3.19. The van der Waals surface area contributed by atoms with Crippen molar-refractivity contribution in [2.24, 2.45) is 0 Å². The molecule has 2 aromatic carbocycles. The molecule has 0 saturated carbocycles. The Morgan fingerprint density at radius 2 is 1.91 bits per heavy atom. The van der Waals surface area contributed by atoms with Gasteiger partial charge in [0.05, 0.1) is 25.1 Å². The minimum atomic E-state index is -0.178. The van der Waals surface area contributed by atoms with Crippen LogP contribution in [0.15, 0.2) is 58.5 Å². The summed E-state index contributed by atoms with van der Waals surface area (Å²) in [6, 6.07) is 15.4. The highest BCUT2D eigenvalue weighted by atomic mass is 32.2. The van der Waals surface area contributed by atoms with Crippen molar-refractivity contribution in [3.05, 3.63) is 75.7 Å². The summed E-state index contributed by atoms with van der Waals surface area (Å²) in [7, 11) is 3.37. The van der Waals surface area contributed by atoms with Crippen LogP contribution in [0.4, 0.5) is 5.69 Å². The summed E-state index contributed by atoms with van der Waals surface area (Å²) in [5.41, 5.74) is 4.36. The quantitative estimate of drug-likeness (QED) is 0.273. The summed E-state index contributed by atoms with van der Waals surface area (Å²) in [4.78, 5) is 33.1. The van der Waals surface area contributed by atoms with Crippen molar-refractivity contribution in [2.45, 2.75) is 39.0 Å². The van der Waals surface area contributed by atoms with Gasteiger partial charge in [0, 0.05) is 19.3 Å².